The number of nitrogens with zero attached hydrogens (tertiary/aromatic N) is 2. The highest BCUT2D eigenvalue weighted by atomic mass is 32.2. The number of likely N-dealkylation sites (tertiary alicyclic amines) is 1. The smallest absolute Gasteiger partial charge is 0.236 e. The molecule has 0 N–H and O–H groups in total. The summed E-state index contributed by atoms with van der Waals surface area (Å²) in [6.45, 7) is 2.44. The van der Waals surface area contributed by atoms with Crippen molar-refractivity contribution < 1.29 is 9.53 Å². The second-order valence-electron chi connectivity index (χ2n) is 6.10. The molecule has 4 rings (SSSR count). The number of carbonyl (C=O) groups is 1. The molecule has 0 unspecified atom stereocenters. The Hall–Kier alpha value is -1.59. The van der Waals surface area contributed by atoms with Gasteiger partial charge in [-0.25, -0.2) is 0 Å². The van der Waals surface area contributed by atoms with Gasteiger partial charge in [0.25, 0.3) is 0 Å². The summed E-state index contributed by atoms with van der Waals surface area (Å²) >= 11 is 1.69. The third-order valence-corrected chi connectivity index (χ3v) is 6.03. The second kappa shape index (κ2) is 6.49. The van der Waals surface area contributed by atoms with E-state index >= 15 is 0 Å². The molecule has 1 amide bonds. The Balaban J connectivity index is 1.52. The topological polar surface area (TPSA) is 42.4 Å². The van der Waals surface area contributed by atoms with Crippen LogP contribution in [0.2, 0.25) is 0 Å². The van der Waals surface area contributed by atoms with Crippen molar-refractivity contribution in [1.29, 1.82) is 0 Å². The SMILES string of the molecule is O=C1[C@@H](Sc2ccnc3ccccc23)CCN1C1CCOCC1. The summed E-state index contributed by atoms with van der Waals surface area (Å²) in [5, 5.41) is 1.17. The highest BCUT2D eigenvalue weighted by Crippen LogP contribution is 2.35. The number of carbonyl (C=O) groups excluding carboxylic acids is 1. The van der Waals surface area contributed by atoms with E-state index in [2.05, 4.69) is 16.0 Å². The average Bonchev–Trinajstić information content (AvgIpc) is 2.97. The maximum atomic E-state index is 12.8. The minimum absolute atomic E-state index is 0.0312. The maximum Gasteiger partial charge on any atom is 0.236 e. The molecule has 1 aromatic heterocycles. The Morgan fingerprint density at radius 3 is 2.83 bits per heavy atom. The highest BCUT2D eigenvalue weighted by Gasteiger charge is 2.37. The second-order valence-corrected chi connectivity index (χ2v) is 7.34. The molecule has 5 heteroatoms. The van der Waals surface area contributed by atoms with Crippen LogP contribution in [0.3, 0.4) is 0 Å². The van der Waals surface area contributed by atoms with E-state index in [9.17, 15) is 4.79 Å². The minimum Gasteiger partial charge on any atom is -0.381 e. The zero-order valence-electron chi connectivity index (χ0n) is 13.0. The van der Waals surface area contributed by atoms with Crippen molar-refractivity contribution >= 4 is 28.6 Å². The lowest BCUT2D eigenvalue weighted by atomic mass is 10.1. The van der Waals surface area contributed by atoms with Gasteiger partial charge in [-0.1, -0.05) is 18.2 Å². The van der Waals surface area contributed by atoms with Gasteiger partial charge < -0.3 is 9.64 Å². The van der Waals surface area contributed by atoms with E-state index in [1.165, 1.54) is 0 Å². The van der Waals surface area contributed by atoms with Gasteiger partial charge in [0.05, 0.1) is 10.8 Å². The first-order chi connectivity index (χ1) is 11.3. The molecule has 2 aliphatic heterocycles. The molecule has 0 radical (unpaired) electrons. The normalized spacial score (nSPS) is 22.9. The molecule has 1 aromatic carbocycles. The molecule has 2 fully saturated rings. The molecule has 0 aliphatic carbocycles. The predicted molar refractivity (Wildman–Crippen MR) is 91.6 cm³/mol. The zero-order valence-corrected chi connectivity index (χ0v) is 13.8. The first-order valence-corrected chi connectivity index (χ1v) is 9.09. The fraction of sp³-hybridized carbons (Fsp3) is 0.444. The molecular formula is C18H20N2O2S. The van der Waals surface area contributed by atoms with Gasteiger partial charge in [-0.3, -0.25) is 9.78 Å². The number of hydrogen-bond acceptors (Lipinski definition) is 4. The van der Waals surface area contributed by atoms with Crippen LogP contribution in [0, 0.1) is 0 Å². The summed E-state index contributed by atoms with van der Waals surface area (Å²) in [7, 11) is 0. The van der Waals surface area contributed by atoms with Crippen molar-refractivity contribution in [3.05, 3.63) is 36.5 Å². The van der Waals surface area contributed by atoms with Crippen LogP contribution in [0.5, 0.6) is 0 Å². The predicted octanol–water partition coefficient (Wildman–Crippen LogP) is 3.11. The summed E-state index contributed by atoms with van der Waals surface area (Å²) in [6.07, 6.45) is 4.71. The number of hydrogen-bond donors (Lipinski definition) is 0. The summed E-state index contributed by atoms with van der Waals surface area (Å²) in [5.74, 6) is 0.294. The number of ether oxygens (including phenoxy) is 1. The largest absolute Gasteiger partial charge is 0.381 e. The van der Waals surface area contributed by atoms with Crippen molar-refractivity contribution in [3.63, 3.8) is 0 Å². The lowest BCUT2D eigenvalue weighted by molar-refractivity contribution is -0.130. The van der Waals surface area contributed by atoms with Gasteiger partial charge in [-0.05, 0) is 31.4 Å². The fourth-order valence-electron chi connectivity index (χ4n) is 3.47. The van der Waals surface area contributed by atoms with E-state index in [1.54, 1.807) is 11.8 Å². The van der Waals surface area contributed by atoms with E-state index in [1.807, 2.05) is 30.5 Å². The van der Waals surface area contributed by atoms with Crippen molar-refractivity contribution in [2.24, 2.45) is 0 Å². The Morgan fingerprint density at radius 1 is 1.13 bits per heavy atom. The van der Waals surface area contributed by atoms with Crippen molar-refractivity contribution in [3.8, 4) is 0 Å². The summed E-state index contributed by atoms with van der Waals surface area (Å²) in [6, 6.07) is 10.5. The monoisotopic (exact) mass is 328 g/mol. The number of amides is 1. The van der Waals surface area contributed by atoms with Crippen molar-refractivity contribution in [2.45, 2.75) is 35.4 Å². The van der Waals surface area contributed by atoms with E-state index in [4.69, 9.17) is 4.74 Å². The zero-order chi connectivity index (χ0) is 15.6. The lowest BCUT2D eigenvalue weighted by Gasteiger charge is -2.31. The maximum absolute atomic E-state index is 12.8. The van der Waals surface area contributed by atoms with Gasteiger partial charge in [-0.15, -0.1) is 11.8 Å². The first kappa shape index (κ1) is 15.0. The van der Waals surface area contributed by atoms with Gasteiger partial charge in [0.2, 0.25) is 5.91 Å². The van der Waals surface area contributed by atoms with Gasteiger partial charge in [-0.2, -0.15) is 0 Å². The Kier molecular flexibility index (Phi) is 4.23. The average molecular weight is 328 g/mol. The quantitative estimate of drug-likeness (QED) is 0.868. The molecule has 120 valence electrons. The first-order valence-electron chi connectivity index (χ1n) is 8.21. The molecule has 0 saturated carbocycles. The summed E-state index contributed by atoms with van der Waals surface area (Å²) in [5.41, 5.74) is 0.990. The van der Waals surface area contributed by atoms with Crippen LogP contribution in [-0.2, 0) is 9.53 Å². The van der Waals surface area contributed by atoms with Crippen molar-refractivity contribution in [1.82, 2.24) is 9.88 Å². The molecule has 3 heterocycles. The van der Waals surface area contributed by atoms with E-state index < -0.39 is 0 Å². The number of aromatic nitrogens is 1. The summed E-state index contributed by atoms with van der Waals surface area (Å²) < 4.78 is 5.42. The molecule has 23 heavy (non-hydrogen) atoms. The number of benzene rings is 1. The van der Waals surface area contributed by atoms with Crippen LogP contribution >= 0.6 is 11.8 Å². The van der Waals surface area contributed by atoms with E-state index in [-0.39, 0.29) is 5.25 Å². The summed E-state index contributed by atoms with van der Waals surface area (Å²) in [4.78, 5) is 20.4. The number of thioether (sulfide) groups is 1. The Labute approximate surface area is 140 Å². The molecular weight excluding hydrogens is 308 g/mol. The molecule has 2 aromatic rings. The van der Waals surface area contributed by atoms with E-state index in [0.717, 1.165) is 54.8 Å². The fourth-order valence-corrected chi connectivity index (χ4v) is 4.67. The van der Waals surface area contributed by atoms with Gasteiger partial charge >= 0.3 is 0 Å². The number of rotatable bonds is 3. The minimum atomic E-state index is 0.0312. The molecule has 0 spiro atoms. The Bertz CT molecular complexity index is 710. The van der Waals surface area contributed by atoms with Crippen LogP contribution < -0.4 is 0 Å². The van der Waals surface area contributed by atoms with Crippen molar-refractivity contribution in [2.75, 3.05) is 19.8 Å². The molecule has 1 atom stereocenters. The lowest BCUT2D eigenvalue weighted by Crippen LogP contribution is -2.41. The van der Waals surface area contributed by atoms with Gasteiger partial charge in [0.1, 0.15) is 0 Å². The van der Waals surface area contributed by atoms with Gasteiger partial charge in [0, 0.05) is 42.3 Å². The van der Waals surface area contributed by atoms with E-state index in [0.29, 0.717) is 11.9 Å². The number of para-hydroxylation sites is 1. The standard InChI is InChI=1S/C18H20N2O2S/c21-18-17(6-10-20(18)13-7-11-22-12-8-13)23-16-5-9-19-15-4-2-1-3-14(15)16/h1-5,9,13,17H,6-8,10-12H2/t17-/m0/s1. The third kappa shape index (κ3) is 2.95. The number of pyridine rings is 1. The van der Waals surface area contributed by atoms with Crippen LogP contribution in [0.4, 0.5) is 0 Å². The van der Waals surface area contributed by atoms with Crippen LogP contribution in [0.25, 0.3) is 10.9 Å². The molecule has 2 saturated heterocycles. The van der Waals surface area contributed by atoms with Crippen LogP contribution in [0.15, 0.2) is 41.4 Å². The third-order valence-electron chi connectivity index (χ3n) is 4.70. The van der Waals surface area contributed by atoms with Crippen LogP contribution in [0.1, 0.15) is 19.3 Å². The Morgan fingerprint density at radius 2 is 1.96 bits per heavy atom. The molecule has 2 aliphatic rings. The van der Waals surface area contributed by atoms with Gasteiger partial charge in [0.15, 0.2) is 0 Å². The number of fused-ring (bicyclic) bond motifs is 1. The molecule has 4 nitrogen and oxygen atoms in total. The van der Waals surface area contributed by atoms with Crippen LogP contribution in [-0.4, -0.2) is 46.8 Å². The molecule has 0 bridgehead atoms. The highest BCUT2D eigenvalue weighted by molar-refractivity contribution is 8.00.